The number of hydrogen-bond donors (Lipinski definition) is 1. The van der Waals surface area contributed by atoms with Crippen molar-refractivity contribution < 1.29 is 4.79 Å². The van der Waals surface area contributed by atoms with Crippen molar-refractivity contribution >= 4 is 18.1 Å². The van der Waals surface area contributed by atoms with Gasteiger partial charge in [-0.2, -0.15) is 0 Å². The van der Waals surface area contributed by atoms with Crippen LogP contribution >= 0.6 is 0 Å². The number of carbonyl (C=O) groups excluding carboxylic acids is 1. The van der Waals surface area contributed by atoms with Crippen molar-refractivity contribution in [3.05, 3.63) is 0 Å². The van der Waals surface area contributed by atoms with Crippen LogP contribution in [0.3, 0.4) is 0 Å². The summed E-state index contributed by atoms with van der Waals surface area (Å²) in [6.45, 7) is 3.17. The third-order valence-electron chi connectivity index (χ3n) is 0.751. The van der Waals surface area contributed by atoms with Gasteiger partial charge in [0.05, 0.1) is 0 Å². The quantitative estimate of drug-likeness (QED) is 0.380. The first-order chi connectivity index (χ1) is 4.70. The van der Waals surface area contributed by atoms with Crippen LogP contribution in [0.4, 0.5) is 0 Å². The highest BCUT2D eigenvalue weighted by molar-refractivity contribution is 5.98. The third kappa shape index (κ3) is 3.77. The molecule has 4 heteroatoms. The number of carbonyl (C=O) groups is 1. The molecule has 0 aromatic heterocycles. The molecule has 0 aromatic carbocycles. The molecule has 0 saturated carbocycles. The predicted molar refractivity (Wildman–Crippen MR) is 41.3 cm³/mol. The summed E-state index contributed by atoms with van der Waals surface area (Å²) in [5.74, 6) is 0.182. The molecular weight excluding hydrogens is 130 g/mol. The monoisotopic (exact) mass is 141 g/mol. The van der Waals surface area contributed by atoms with E-state index in [-0.39, 0.29) is 5.91 Å². The van der Waals surface area contributed by atoms with Gasteiger partial charge in [-0.3, -0.25) is 15.1 Å². The first-order valence-electron chi connectivity index (χ1n) is 2.93. The average molecular weight is 141 g/mol. The van der Waals surface area contributed by atoms with Gasteiger partial charge in [0.25, 0.3) is 0 Å². The molecule has 4 nitrogen and oxygen atoms in total. The van der Waals surface area contributed by atoms with E-state index in [9.17, 15) is 4.79 Å². The van der Waals surface area contributed by atoms with Crippen molar-refractivity contribution in [3.8, 4) is 0 Å². The van der Waals surface area contributed by atoms with E-state index in [2.05, 4.69) is 15.3 Å². The number of aliphatic imine (C=N–C) groups is 2. The maximum Gasteiger partial charge on any atom is 0.224 e. The Hall–Kier alpha value is -1.19. The summed E-state index contributed by atoms with van der Waals surface area (Å²) < 4.78 is 0. The van der Waals surface area contributed by atoms with Crippen LogP contribution in [-0.4, -0.2) is 25.1 Å². The summed E-state index contributed by atoms with van der Waals surface area (Å²) in [6.07, 6.45) is 1.57. The van der Waals surface area contributed by atoms with E-state index in [1.807, 2.05) is 0 Å². The van der Waals surface area contributed by atoms with Crippen molar-refractivity contribution in [2.75, 3.05) is 7.05 Å². The first-order valence-corrected chi connectivity index (χ1v) is 2.93. The molecule has 0 rings (SSSR count). The van der Waals surface area contributed by atoms with Crippen molar-refractivity contribution in [3.63, 3.8) is 0 Å². The molecule has 0 radical (unpaired) electrons. The molecular formula is C6H11N3O. The Morgan fingerprint density at radius 1 is 1.60 bits per heavy atom. The second kappa shape index (κ2) is 4.67. The second-order valence-electron chi connectivity index (χ2n) is 1.62. The lowest BCUT2D eigenvalue weighted by Crippen LogP contribution is -2.26. The minimum atomic E-state index is -0.161. The lowest BCUT2D eigenvalue weighted by atomic mass is 10.7. The molecule has 0 aromatic rings. The lowest BCUT2D eigenvalue weighted by molar-refractivity contribution is -0.117. The largest absolute Gasteiger partial charge is 0.295 e. The van der Waals surface area contributed by atoms with Gasteiger partial charge in [-0.1, -0.05) is 0 Å². The van der Waals surface area contributed by atoms with E-state index in [4.69, 9.17) is 0 Å². The van der Waals surface area contributed by atoms with E-state index in [1.165, 1.54) is 6.92 Å². The fourth-order valence-corrected chi connectivity index (χ4v) is 0.426. The maximum absolute atomic E-state index is 10.4. The summed E-state index contributed by atoms with van der Waals surface area (Å²) >= 11 is 0. The molecule has 10 heavy (non-hydrogen) atoms. The van der Waals surface area contributed by atoms with Gasteiger partial charge in [-0.05, 0) is 6.92 Å². The van der Waals surface area contributed by atoms with Crippen LogP contribution in [0.15, 0.2) is 9.98 Å². The minimum Gasteiger partial charge on any atom is -0.295 e. The second-order valence-corrected chi connectivity index (χ2v) is 1.62. The van der Waals surface area contributed by atoms with Crippen LogP contribution in [0, 0.1) is 0 Å². The molecule has 0 bridgehead atoms. The Morgan fingerprint density at radius 2 is 2.20 bits per heavy atom. The molecule has 0 unspecified atom stereocenters. The van der Waals surface area contributed by atoms with Gasteiger partial charge >= 0.3 is 0 Å². The predicted octanol–water partition coefficient (Wildman–Crippen LogP) is 0.199. The standard InChI is InChI=1S/C6H11N3O/c1-4-8-6(7-3)9-5(2)10/h4H,1-3H3,(H,7,9,10)/b8-4-. The number of amides is 1. The molecule has 0 fully saturated rings. The average Bonchev–Trinajstić information content (AvgIpc) is 1.86. The fraction of sp³-hybridized carbons (Fsp3) is 0.500. The summed E-state index contributed by atoms with van der Waals surface area (Å²) in [5, 5.41) is 2.44. The van der Waals surface area contributed by atoms with E-state index in [1.54, 1.807) is 20.2 Å². The van der Waals surface area contributed by atoms with Crippen molar-refractivity contribution in [1.29, 1.82) is 0 Å². The molecule has 0 atom stereocenters. The van der Waals surface area contributed by atoms with Gasteiger partial charge in [-0.25, -0.2) is 4.99 Å². The van der Waals surface area contributed by atoms with E-state index >= 15 is 0 Å². The van der Waals surface area contributed by atoms with E-state index in [0.717, 1.165) is 0 Å². The highest BCUT2D eigenvalue weighted by Gasteiger charge is 1.93. The number of rotatable bonds is 0. The highest BCUT2D eigenvalue weighted by Crippen LogP contribution is 1.73. The minimum absolute atomic E-state index is 0.161. The van der Waals surface area contributed by atoms with Gasteiger partial charge in [0, 0.05) is 20.2 Å². The molecule has 1 N–H and O–H groups in total. The fourth-order valence-electron chi connectivity index (χ4n) is 0.426. The lowest BCUT2D eigenvalue weighted by Gasteiger charge is -1.96. The van der Waals surface area contributed by atoms with Gasteiger partial charge in [0.1, 0.15) is 0 Å². The summed E-state index contributed by atoms with van der Waals surface area (Å²) in [4.78, 5) is 17.9. The summed E-state index contributed by atoms with van der Waals surface area (Å²) in [6, 6.07) is 0. The molecule has 1 amide bonds. The Labute approximate surface area is 60.1 Å². The number of guanidine groups is 1. The maximum atomic E-state index is 10.4. The van der Waals surface area contributed by atoms with Gasteiger partial charge < -0.3 is 0 Å². The Morgan fingerprint density at radius 3 is 2.50 bits per heavy atom. The van der Waals surface area contributed by atoms with Crippen molar-refractivity contribution in [2.45, 2.75) is 13.8 Å². The van der Waals surface area contributed by atoms with Crippen LogP contribution in [-0.2, 0) is 4.79 Å². The van der Waals surface area contributed by atoms with Crippen LogP contribution < -0.4 is 5.32 Å². The zero-order chi connectivity index (χ0) is 7.98. The summed E-state index contributed by atoms with van der Waals surface area (Å²) in [5.41, 5.74) is 0. The Balaban J connectivity index is 3.98. The van der Waals surface area contributed by atoms with Crippen LogP contribution in [0.5, 0.6) is 0 Å². The van der Waals surface area contributed by atoms with Gasteiger partial charge in [0.2, 0.25) is 11.9 Å². The Bertz CT molecular complexity index is 172. The zero-order valence-corrected chi connectivity index (χ0v) is 6.38. The van der Waals surface area contributed by atoms with Gasteiger partial charge in [0.15, 0.2) is 0 Å². The van der Waals surface area contributed by atoms with Crippen molar-refractivity contribution in [1.82, 2.24) is 5.32 Å². The molecule has 56 valence electrons. The first kappa shape index (κ1) is 8.81. The number of nitrogens with zero attached hydrogens (tertiary/aromatic N) is 2. The molecule has 0 aliphatic rings. The summed E-state index contributed by atoms with van der Waals surface area (Å²) in [7, 11) is 1.57. The third-order valence-corrected chi connectivity index (χ3v) is 0.751. The SMILES string of the molecule is C/C=N\C(=NC)NC(C)=O. The molecule has 0 aliphatic heterocycles. The number of nitrogens with one attached hydrogen (secondary N) is 1. The normalized spacial score (nSPS) is 12.1. The van der Waals surface area contributed by atoms with Crippen LogP contribution in [0.25, 0.3) is 0 Å². The molecule has 0 heterocycles. The van der Waals surface area contributed by atoms with Crippen LogP contribution in [0.1, 0.15) is 13.8 Å². The molecule has 0 spiro atoms. The Kier molecular flexibility index (Phi) is 4.11. The van der Waals surface area contributed by atoms with Crippen molar-refractivity contribution in [2.24, 2.45) is 9.98 Å². The zero-order valence-electron chi connectivity index (χ0n) is 6.38. The number of hydrogen-bond acceptors (Lipinski definition) is 2. The van der Waals surface area contributed by atoms with E-state index < -0.39 is 0 Å². The van der Waals surface area contributed by atoms with Gasteiger partial charge in [-0.15, -0.1) is 0 Å². The smallest absolute Gasteiger partial charge is 0.224 e. The molecule has 0 aliphatic carbocycles. The van der Waals surface area contributed by atoms with Crippen LogP contribution in [0.2, 0.25) is 0 Å². The van der Waals surface area contributed by atoms with E-state index in [0.29, 0.717) is 5.96 Å². The topological polar surface area (TPSA) is 53.8 Å². The molecule has 0 saturated heterocycles. The highest BCUT2D eigenvalue weighted by atomic mass is 16.1.